The molecule has 2 aliphatic rings. The van der Waals surface area contributed by atoms with Gasteiger partial charge in [0.2, 0.25) is 11.8 Å². The third kappa shape index (κ3) is 3.44. The SMILES string of the molecule is O=C(CN1CCOC1=O)N1CCCC(Oc2cccnn2)C1. The van der Waals surface area contributed by atoms with E-state index in [2.05, 4.69) is 10.2 Å². The molecule has 3 rings (SSSR count). The number of piperidine rings is 1. The highest BCUT2D eigenvalue weighted by molar-refractivity contribution is 5.83. The molecule has 2 aliphatic heterocycles. The Morgan fingerprint density at radius 2 is 2.36 bits per heavy atom. The Morgan fingerprint density at radius 3 is 3.09 bits per heavy atom. The van der Waals surface area contributed by atoms with Gasteiger partial charge in [-0.3, -0.25) is 9.69 Å². The standard InChI is InChI=1S/C14H18N4O4/c19-13(10-18-7-8-21-14(18)20)17-6-2-3-11(9-17)22-12-4-1-5-15-16-12/h1,4-5,11H,2-3,6-10H2. The van der Waals surface area contributed by atoms with E-state index in [0.29, 0.717) is 32.1 Å². The second kappa shape index (κ2) is 6.59. The molecule has 2 saturated heterocycles. The molecule has 0 N–H and O–H groups in total. The van der Waals surface area contributed by atoms with Crippen LogP contribution in [0.15, 0.2) is 18.3 Å². The molecule has 2 fully saturated rings. The third-order valence-electron chi connectivity index (χ3n) is 3.74. The van der Waals surface area contributed by atoms with E-state index in [1.54, 1.807) is 23.2 Å². The van der Waals surface area contributed by atoms with E-state index in [0.717, 1.165) is 12.8 Å². The number of hydrogen-bond donors (Lipinski definition) is 0. The van der Waals surface area contributed by atoms with Crippen LogP contribution < -0.4 is 4.74 Å². The smallest absolute Gasteiger partial charge is 0.410 e. The van der Waals surface area contributed by atoms with Crippen molar-refractivity contribution in [1.29, 1.82) is 0 Å². The lowest BCUT2D eigenvalue weighted by Gasteiger charge is -2.33. The molecule has 0 aromatic carbocycles. The average molecular weight is 306 g/mol. The lowest BCUT2D eigenvalue weighted by Crippen LogP contribution is -2.48. The van der Waals surface area contributed by atoms with Crippen LogP contribution >= 0.6 is 0 Å². The van der Waals surface area contributed by atoms with Gasteiger partial charge in [0.25, 0.3) is 0 Å². The van der Waals surface area contributed by atoms with Gasteiger partial charge >= 0.3 is 6.09 Å². The number of aromatic nitrogens is 2. The van der Waals surface area contributed by atoms with Crippen molar-refractivity contribution in [3.05, 3.63) is 18.3 Å². The normalized spacial score (nSPS) is 21.6. The largest absolute Gasteiger partial charge is 0.471 e. The summed E-state index contributed by atoms with van der Waals surface area (Å²) in [6, 6.07) is 3.50. The first-order valence-electron chi connectivity index (χ1n) is 7.36. The molecule has 8 heteroatoms. The van der Waals surface area contributed by atoms with Crippen LogP contribution in [-0.2, 0) is 9.53 Å². The minimum atomic E-state index is -0.419. The number of cyclic esters (lactones) is 1. The second-order valence-corrected chi connectivity index (χ2v) is 5.32. The van der Waals surface area contributed by atoms with E-state index in [4.69, 9.17) is 9.47 Å². The van der Waals surface area contributed by atoms with Crippen LogP contribution in [0.4, 0.5) is 4.79 Å². The summed E-state index contributed by atoms with van der Waals surface area (Å²) in [7, 11) is 0. The molecule has 1 atom stereocenters. The van der Waals surface area contributed by atoms with Crippen molar-refractivity contribution in [3.8, 4) is 5.88 Å². The zero-order valence-corrected chi connectivity index (χ0v) is 12.2. The predicted molar refractivity (Wildman–Crippen MR) is 75.2 cm³/mol. The topological polar surface area (TPSA) is 84.9 Å². The van der Waals surface area contributed by atoms with E-state index in [1.807, 2.05) is 0 Å². The maximum absolute atomic E-state index is 12.3. The third-order valence-corrected chi connectivity index (χ3v) is 3.74. The Morgan fingerprint density at radius 1 is 1.45 bits per heavy atom. The zero-order valence-electron chi connectivity index (χ0n) is 12.2. The van der Waals surface area contributed by atoms with Crippen LogP contribution in [0.5, 0.6) is 5.88 Å². The molecule has 0 spiro atoms. The zero-order chi connectivity index (χ0) is 15.4. The lowest BCUT2D eigenvalue weighted by molar-refractivity contribution is -0.134. The van der Waals surface area contributed by atoms with Gasteiger partial charge in [-0.25, -0.2) is 4.79 Å². The highest BCUT2D eigenvalue weighted by atomic mass is 16.6. The number of ether oxygens (including phenoxy) is 2. The van der Waals surface area contributed by atoms with Crippen LogP contribution in [0.25, 0.3) is 0 Å². The van der Waals surface area contributed by atoms with Crippen LogP contribution in [-0.4, -0.2) is 70.9 Å². The highest BCUT2D eigenvalue weighted by Crippen LogP contribution is 2.16. The second-order valence-electron chi connectivity index (χ2n) is 5.32. The molecule has 0 bridgehead atoms. The number of carbonyl (C=O) groups excluding carboxylic acids is 2. The first-order chi connectivity index (χ1) is 10.7. The summed E-state index contributed by atoms with van der Waals surface area (Å²) in [6.45, 7) is 2.07. The molecular weight excluding hydrogens is 288 g/mol. The minimum Gasteiger partial charge on any atom is -0.471 e. The average Bonchev–Trinajstić information content (AvgIpc) is 2.94. The van der Waals surface area contributed by atoms with Crippen LogP contribution in [0.3, 0.4) is 0 Å². The molecule has 2 amide bonds. The summed E-state index contributed by atoms with van der Waals surface area (Å²) in [4.78, 5) is 26.8. The van der Waals surface area contributed by atoms with Crippen molar-refractivity contribution >= 4 is 12.0 Å². The molecule has 0 radical (unpaired) electrons. The number of carbonyl (C=O) groups is 2. The molecule has 1 aromatic rings. The molecular formula is C14H18N4O4. The van der Waals surface area contributed by atoms with E-state index in [-0.39, 0.29) is 18.6 Å². The Hall–Kier alpha value is -2.38. The highest BCUT2D eigenvalue weighted by Gasteiger charge is 2.29. The molecule has 8 nitrogen and oxygen atoms in total. The van der Waals surface area contributed by atoms with Gasteiger partial charge in [0.1, 0.15) is 19.3 Å². The fourth-order valence-electron chi connectivity index (χ4n) is 2.61. The molecule has 0 aliphatic carbocycles. The van der Waals surface area contributed by atoms with Gasteiger partial charge in [-0.2, -0.15) is 5.10 Å². The summed E-state index contributed by atoms with van der Waals surface area (Å²) in [6.07, 6.45) is 2.80. The Kier molecular flexibility index (Phi) is 4.36. The first-order valence-corrected chi connectivity index (χ1v) is 7.36. The van der Waals surface area contributed by atoms with Crippen molar-refractivity contribution in [2.24, 2.45) is 0 Å². The van der Waals surface area contributed by atoms with E-state index < -0.39 is 6.09 Å². The number of likely N-dealkylation sites (tertiary alicyclic amines) is 1. The maximum Gasteiger partial charge on any atom is 0.410 e. The van der Waals surface area contributed by atoms with Gasteiger partial charge in [-0.05, 0) is 18.9 Å². The van der Waals surface area contributed by atoms with Gasteiger partial charge in [0, 0.05) is 18.8 Å². The molecule has 1 aromatic heterocycles. The predicted octanol–water partition coefficient (Wildman–Crippen LogP) is 0.299. The maximum atomic E-state index is 12.3. The van der Waals surface area contributed by atoms with Crippen LogP contribution in [0.2, 0.25) is 0 Å². The summed E-state index contributed by atoms with van der Waals surface area (Å²) >= 11 is 0. The molecule has 118 valence electrons. The van der Waals surface area contributed by atoms with Crippen LogP contribution in [0, 0.1) is 0 Å². The van der Waals surface area contributed by atoms with Crippen molar-refractivity contribution < 1.29 is 19.1 Å². The monoisotopic (exact) mass is 306 g/mol. The number of nitrogens with zero attached hydrogens (tertiary/aromatic N) is 4. The summed E-state index contributed by atoms with van der Waals surface area (Å²) in [5, 5.41) is 7.66. The van der Waals surface area contributed by atoms with Gasteiger partial charge in [0.15, 0.2) is 0 Å². The number of amides is 2. The summed E-state index contributed by atoms with van der Waals surface area (Å²) < 4.78 is 10.6. The fourth-order valence-corrected chi connectivity index (χ4v) is 2.61. The van der Waals surface area contributed by atoms with Crippen molar-refractivity contribution in [2.45, 2.75) is 18.9 Å². The van der Waals surface area contributed by atoms with E-state index >= 15 is 0 Å². The molecule has 0 saturated carbocycles. The van der Waals surface area contributed by atoms with Crippen LogP contribution in [0.1, 0.15) is 12.8 Å². The number of hydrogen-bond acceptors (Lipinski definition) is 6. The lowest BCUT2D eigenvalue weighted by atomic mass is 10.1. The Bertz CT molecular complexity index is 539. The summed E-state index contributed by atoms with van der Waals surface area (Å²) in [5.41, 5.74) is 0. The van der Waals surface area contributed by atoms with Crippen molar-refractivity contribution in [1.82, 2.24) is 20.0 Å². The Balaban J connectivity index is 1.53. The van der Waals surface area contributed by atoms with Gasteiger partial charge in [-0.1, -0.05) is 0 Å². The van der Waals surface area contributed by atoms with E-state index in [1.165, 1.54) is 4.90 Å². The molecule has 22 heavy (non-hydrogen) atoms. The van der Waals surface area contributed by atoms with Gasteiger partial charge < -0.3 is 14.4 Å². The molecule has 1 unspecified atom stereocenters. The van der Waals surface area contributed by atoms with Crippen molar-refractivity contribution in [3.63, 3.8) is 0 Å². The molecule has 3 heterocycles. The quantitative estimate of drug-likeness (QED) is 0.795. The van der Waals surface area contributed by atoms with Gasteiger partial charge in [0.05, 0.1) is 13.1 Å². The van der Waals surface area contributed by atoms with E-state index in [9.17, 15) is 9.59 Å². The first kappa shape index (κ1) is 14.6. The number of rotatable bonds is 4. The fraction of sp³-hybridized carbons (Fsp3) is 0.571. The minimum absolute atomic E-state index is 0.0662. The van der Waals surface area contributed by atoms with Crippen molar-refractivity contribution in [2.75, 3.05) is 32.8 Å². The van der Waals surface area contributed by atoms with Gasteiger partial charge in [-0.15, -0.1) is 5.10 Å². The Labute approximate surface area is 128 Å². The summed E-state index contributed by atoms with van der Waals surface area (Å²) in [5.74, 6) is 0.385.